The van der Waals surface area contributed by atoms with Crippen molar-refractivity contribution in [3.05, 3.63) is 12.7 Å². The Morgan fingerprint density at radius 3 is 1.61 bits per heavy atom. The van der Waals surface area contributed by atoms with Crippen molar-refractivity contribution in [1.82, 2.24) is 0 Å². The van der Waals surface area contributed by atoms with Crippen LogP contribution in [0.25, 0.3) is 0 Å². The molecule has 0 amide bonds. The van der Waals surface area contributed by atoms with Crippen molar-refractivity contribution in [3.8, 4) is 12.3 Å². The van der Waals surface area contributed by atoms with Gasteiger partial charge in [-0.05, 0) is 38.5 Å². The topological polar surface area (TPSA) is 40.5 Å². The van der Waals surface area contributed by atoms with Crippen LogP contribution in [0.4, 0.5) is 0 Å². The predicted molar refractivity (Wildman–Crippen MR) is 75.1 cm³/mol. The summed E-state index contributed by atoms with van der Waals surface area (Å²) in [5.41, 5.74) is -1.27. The van der Waals surface area contributed by atoms with Crippen LogP contribution in [0.2, 0.25) is 0 Å². The summed E-state index contributed by atoms with van der Waals surface area (Å²) in [5.74, 6) is 2.44. The molecule has 18 heavy (non-hydrogen) atoms. The Kier molecular flexibility index (Phi) is 5.91. The molecule has 0 aromatic rings. The van der Waals surface area contributed by atoms with E-state index in [9.17, 15) is 10.2 Å². The maximum Gasteiger partial charge on any atom is 0.125 e. The summed E-state index contributed by atoms with van der Waals surface area (Å²) < 4.78 is 0. The Labute approximate surface area is 111 Å². The number of hydrogen-bond acceptors (Lipinski definition) is 2. The van der Waals surface area contributed by atoms with Gasteiger partial charge in [-0.25, -0.2) is 0 Å². The molecular weight excluding hydrogens is 224 g/mol. The Morgan fingerprint density at radius 2 is 1.33 bits per heavy atom. The molecule has 0 saturated heterocycles. The molecule has 2 nitrogen and oxygen atoms in total. The van der Waals surface area contributed by atoms with Gasteiger partial charge in [0.2, 0.25) is 0 Å². The zero-order valence-corrected chi connectivity index (χ0v) is 11.3. The average Bonchev–Trinajstić information content (AvgIpc) is 2.41. The van der Waals surface area contributed by atoms with Gasteiger partial charge in [0, 0.05) is 0 Å². The van der Waals surface area contributed by atoms with Crippen molar-refractivity contribution < 1.29 is 10.2 Å². The molecule has 102 valence electrons. The van der Waals surface area contributed by atoms with E-state index in [1.54, 1.807) is 6.08 Å². The van der Waals surface area contributed by atoms with E-state index in [2.05, 4.69) is 12.5 Å². The molecule has 2 N–H and O–H groups in total. The molecule has 0 aliphatic heterocycles. The lowest BCUT2D eigenvalue weighted by Gasteiger charge is -2.28. The Hall–Kier alpha value is -0.780. The molecule has 0 heterocycles. The van der Waals surface area contributed by atoms with Crippen molar-refractivity contribution in [3.63, 3.8) is 0 Å². The molecule has 0 atom stereocenters. The van der Waals surface area contributed by atoms with Gasteiger partial charge in [0.05, 0.1) is 5.60 Å². The lowest BCUT2D eigenvalue weighted by atomic mass is 9.85. The minimum Gasteiger partial charge on any atom is -0.386 e. The first-order valence-electron chi connectivity index (χ1n) is 7.10. The van der Waals surface area contributed by atoms with Gasteiger partial charge in [-0.1, -0.05) is 37.7 Å². The van der Waals surface area contributed by atoms with Gasteiger partial charge in [-0.15, -0.1) is 13.0 Å². The van der Waals surface area contributed by atoms with Crippen molar-refractivity contribution >= 4 is 0 Å². The fourth-order valence-electron chi connectivity index (χ4n) is 2.65. The van der Waals surface area contributed by atoms with Crippen LogP contribution in [-0.2, 0) is 0 Å². The minimum atomic E-state index is -0.752. The van der Waals surface area contributed by atoms with Crippen molar-refractivity contribution in [1.29, 1.82) is 0 Å². The van der Waals surface area contributed by atoms with E-state index in [4.69, 9.17) is 6.42 Å². The monoisotopic (exact) mass is 250 g/mol. The van der Waals surface area contributed by atoms with E-state index in [0.29, 0.717) is 0 Å². The maximum atomic E-state index is 9.56. The molecule has 0 aromatic carbocycles. The van der Waals surface area contributed by atoms with E-state index in [1.165, 1.54) is 12.8 Å². The van der Waals surface area contributed by atoms with Crippen molar-refractivity contribution in [2.24, 2.45) is 0 Å². The standard InChI is InChI=1S/C8H14O.C8H12O/c2*1-2-8(9)6-4-3-5-7-8/h2,9H,1,3-7H2;1,9H,3-7H2. The van der Waals surface area contributed by atoms with Gasteiger partial charge in [-0.3, -0.25) is 0 Å². The first-order valence-corrected chi connectivity index (χ1v) is 7.10. The van der Waals surface area contributed by atoms with Gasteiger partial charge >= 0.3 is 0 Å². The van der Waals surface area contributed by atoms with Crippen LogP contribution >= 0.6 is 0 Å². The third-order valence-electron chi connectivity index (χ3n) is 4.05. The fourth-order valence-corrected chi connectivity index (χ4v) is 2.65. The normalized spacial score (nSPS) is 25.2. The highest BCUT2D eigenvalue weighted by Gasteiger charge is 2.26. The van der Waals surface area contributed by atoms with E-state index in [1.807, 2.05) is 0 Å². The van der Waals surface area contributed by atoms with E-state index < -0.39 is 11.2 Å². The molecule has 0 bridgehead atoms. The van der Waals surface area contributed by atoms with E-state index in [0.717, 1.165) is 51.4 Å². The molecule has 0 spiro atoms. The highest BCUT2D eigenvalue weighted by molar-refractivity contribution is 5.08. The molecule has 2 heteroatoms. The van der Waals surface area contributed by atoms with Crippen LogP contribution < -0.4 is 0 Å². The number of aliphatic hydroxyl groups is 2. The van der Waals surface area contributed by atoms with Crippen molar-refractivity contribution in [2.75, 3.05) is 0 Å². The Bertz CT molecular complexity index is 289. The molecule has 0 aromatic heterocycles. The van der Waals surface area contributed by atoms with Crippen LogP contribution in [0.1, 0.15) is 64.2 Å². The Balaban J connectivity index is 0.000000180. The van der Waals surface area contributed by atoms with Crippen LogP contribution in [0.15, 0.2) is 12.7 Å². The number of hydrogen-bond donors (Lipinski definition) is 2. The largest absolute Gasteiger partial charge is 0.386 e. The summed E-state index contributed by atoms with van der Waals surface area (Å²) in [6, 6.07) is 0. The summed E-state index contributed by atoms with van der Waals surface area (Å²) in [5, 5.41) is 19.0. The third-order valence-corrected chi connectivity index (χ3v) is 4.05. The minimum absolute atomic E-state index is 0.516. The lowest BCUT2D eigenvalue weighted by molar-refractivity contribution is 0.0517. The molecule has 2 aliphatic carbocycles. The average molecular weight is 250 g/mol. The van der Waals surface area contributed by atoms with E-state index in [-0.39, 0.29) is 0 Å². The summed E-state index contributed by atoms with van der Waals surface area (Å²) in [6.45, 7) is 3.61. The second-order valence-corrected chi connectivity index (χ2v) is 5.60. The van der Waals surface area contributed by atoms with Crippen LogP contribution in [0, 0.1) is 12.3 Å². The van der Waals surface area contributed by atoms with Gasteiger partial charge < -0.3 is 10.2 Å². The summed E-state index contributed by atoms with van der Waals surface area (Å²) in [7, 11) is 0. The second-order valence-electron chi connectivity index (χ2n) is 5.60. The molecule has 0 unspecified atom stereocenters. The highest BCUT2D eigenvalue weighted by Crippen LogP contribution is 2.28. The highest BCUT2D eigenvalue weighted by atomic mass is 16.3. The van der Waals surface area contributed by atoms with Gasteiger partial charge in [0.25, 0.3) is 0 Å². The summed E-state index contributed by atoms with van der Waals surface area (Å²) >= 11 is 0. The smallest absolute Gasteiger partial charge is 0.125 e. The van der Waals surface area contributed by atoms with Crippen LogP contribution in [0.3, 0.4) is 0 Å². The predicted octanol–water partition coefficient (Wildman–Crippen LogP) is 3.18. The fraction of sp³-hybridized carbons (Fsp3) is 0.750. The molecule has 2 rings (SSSR count). The zero-order valence-electron chi connectivity index (χ0n) is 11.3. The van der Waals surface area contributed by atoms with Gasteiger partial charge in [-0.2, -0.15) is 0 Å². The van der Waals surface area contributed by atoms with Crippen molar-refractivity contribution in [2.45, 2.75) is 75.4 Å². The van der Waals surface area contributed by atoms with Crippen LogP contribution in [-0.4, -0.2) is 21.4 Å². The second kappa shape index (κ2) is 6.97. The first-order chi connectivity index (χ1) is 8.54. The van der Waals surface area contributed by atoms with Crippen LogP contribution in [0.5, 0.6) is 0 Å². The van der Waals surface area contributed by atoms with Gasteiger partial charge in [0.15, 0.2) is 0 Å². The molecular formula is C16H26O2. The third kappa shape index (κ3) is 4.84. The summed E-state index contributed by atoms with van der Waals surface area (Å²) in [4.78, 5) is 0. The molecule has 2 saturated carbocycles. The Morgan fingerprint density at radius 1 is 0.889 bits per heavy atom. The number of terminal acetylenes is 1. The maximum absolute atomic E-state index is 9.56. The van der Waals surface area contributed by atoms with E-state index >= 15 is 0 Å². The SMILES string of the molecule is C#CC1(O)CCCCC1.C=CC1(O)CCCCC1. The number of rotatable bonds is 1. The zero-order chi connectivity index (χ0) is 13.5. The first kappa shape index (κ1) is 15.3. The quantitative estimate of drug-likeness (QED) is 0.554. The summed E-state index contributed by atoms with van der Waals surface area (Å²) in [6.07, 6.45) is 17.2. The molecule has 0 radical (unpaired) electrons. The molecule has 2 aliphatic rings. The lowest BCUT2D eigenvalue weighted by Crippen LogP contribution is -2.28. The van der Waals surface area contributed by atoms with Gasteiger partial charge in [0.1, 0.15) is 5.60 Å². The molecule has 2 fully saturated rings.